The minimum atomic E-state index is -2.45. The number of hydrogen-bond donors (Lipinski definition) is 1. The highest BCUT2D eigenvalue weighted by Gasteiger charge is 2.30. The van der Waals surface area contributed by atoms with E-state index in [0.717, 1.165) is 12.8 Å². The van der Waals surface area contributed by atoms with E-state index in [1.807, 2.05) is 0 Å². The zero-order valence-electron chi connectivity index (χ0n) is 36.2. The molecule has 2 N–H and O–H groups in total. The fourth-order valence-corrected chi connectivity index (χ4v) is 5.88. The maximum atomic E-state index is 13.1. The van der Waals surface area contributed by atoms with Gasteiger partial charge in [0.2, 0.25) is 0 Å². The molecule has 0 aliphatic rings. The molecule has 8 rings (SSSR count). The highest BCUT2D eigenvalue weighted by molar-refractivity contribution is 6.92. The number of nitriles is 3. The average molecular weight is 1000 g/mol. The van der Waals surface area contributed by atoms with Gasteiger partial charge < -0.3 is 4.90 Å². The van der Waals surface area contributed by atoms with Crippen LogP contribution in [-0.4, -0.2) is 16.1 Å². The van der Waals surface area contributed by atoms with E-state index in [2.05, 4.69) is 100 Å². The Hall–Kier alpha value is -8.90. The van der Waals surface area contributed by atoms with Gasteiger partial charge in [0.15, 0.2) is 81.2 Å². The van der Waals surface area contributed by atoms with Crippen LogP contribution in [0.2, 0.25) is 0 Å². The van der Waals surface area contributed by atoms with Crippen molar-refractivity contribution in [2.75, 3.05) is 0 Å². The van der Waals surface area contributed by atoms with E-state index in [9.17, 15) is 57.2 Å². The van der Waals surface area contributed by atoms with Crippen LogP contribution in [0, 0.1) is 124 Å². The van der Waals surface area contributed by atoms with Gasteiger partial charge in [0.1, 0.15) is 11.6 Å². The highest BCUT2D eigenvalue weighted by Crippen LogP contribution is 2.36. The lowest BCUT2D eigenvalue weighted by atomic mass is 9.95. The lowest BCUT2D eigenvalue weighted by Crippen LogP contribution is -2.06. The minimum absolute atomic E-state index is 0. The fraction of sp³-hybridized carbons (Fsp3) is 0. The fourth-order valence-electron chi connectivity index (χ4n) is 5.88. The van der Waals surface area contributed by atoms with E-state index in [0.29, 0.717) is 0 Å². The molecule has 8 aromatic rings. The van der Waals surface area contributed by atoms with Gasteiger partial charge in [-0.05, 0) is 55.7 Å². The molecule has 25 heteroatoms. The van der Waals surface area contributed by atoms with Crippen molar-refractivity contribution in [3.8, 4) is 18.2 Å². The first kappa shape index (κ1) is 55.4. The molecule has 0 heterocycles. The van der Waals surface area contributed by atoms with Crippen LogP contribution in [0.15, 0.2) is 77.7 Å². The first-order valence-electron chi connectivity index (χ1n) is 18.4. The van der Waals surface area contributed by atoms with Gasteiger partial charge in [-0.3, -0.25) is 14.4 Å². The smallest absolute Gasteiger partial charge is 0.269 e. The van der Waals surface area contributed by atoms with Crippen LogP contribution >= 0.6 is 9.90 Å². The van der Waals surface area contributed by atoms with Gasteiger partial charge in [0.05, 0.1) is 55.1 Å². The van der Waals surface area contributed by atoms with Crippen molar-refractivity contribution >= 4 is 84.7 Å². The van der Waals surface area contributed by atoms with E-state index in [-0.39, 0.29) is 32.4 Å². The molecule has 0 saturated heterocycles. The Labute approximate surface area is 392 Å². The Balaban J connectivity index is 0.000000454. The average Bonchev–Trinajstić information content (AvgIpc) is 3.40. The third-order valence-corrected chi connectivity index (χ3v) is 8.74. The lowest BCUT2D eigenvalue weighted by molar-refractivity contribution is -0.136. The largest absolute Gasteiger partial charge is 0.371 e. The van der Waals surface area contributed by atoms with E-state index < -0.39 is 91.8 Å². The summed E-state index contributed by atoms with van der Waals surface area (Å²) in [6.45, 7) is 20.6. The van der Waals surface area contributed by atoms with Crippen molar-refractivity contribution < 1.29 is 68.3 Å². The third-order valence-electron chi connectivity index (χ3n) is 8.74. The monoisotopic (exact) mass is 1000 g/mol. The number of nitrogens with zero attached hydrogens (tertiary/aromatic N) is 7. The van der Waals surface area contributed by atoms with Gasteiger partial charge >= 0.3 is 0 Å². The molecular formula is C45H20BF14N8OP. The van der Waals surface area contributed by atoms with Gasteiger partial charge in [-0.15, -0.1) is 5.04 Å². The molecule has 0 aliphatic heterocycles. The molecule has 9 nitrogen and oxygen atoms in total. The van der Waals surface area contributed by atoms with Gasteiger partial charge in [-0.1, -0.05) is 60.7 Å². The Morgan fingerprint density at radius 1 is 0.543 bits per heavy atom. The van der Waals surface area contributed by atoms with Crippen molar-refractivity contribution in [3.05, 3.63) is 194 Å². The molecular weight excluding hydrogens is 976 g/mol. The van der Waals surface area contributed by atoms with Gasteiger partial charge in [0.25, 0.3) is 15.1 Å². The second-order valence-corrected chi connectivity index (χ2v) is 12.3. The van der Waals surface area contributed by atoms with E-state index >= 15 is 0 Å². The summed E-state index contributed by atoms with van der Waals surface area (Å²) in [5.74, 6) is -22.9. The molecule has 2 radical (unpaired) electrons. The van der Waals surface area contributed by atoms with Crippen molar-refractivity contribution in [2.45, 2.75) is 0 Å². The first-order chi connectivity index (χ1) is 33.8. The normalized spacial score (nSPS) is 9.90. The van der Waals surface area contributed by atoms with Crippen LogP contribution in [0.4, 0.5) is 79.0 Å². The van der Waals surface area contributed by atoms with Crippen molar-refractivity contribution in [2.24, 2.45) is 10.8 Å². The molecule has 0 aliphatic carbocycles. The highest BCUT2D eigenvalue weighted by atomic mass is 31.0. The van der Waals surface area contributed by atoms with Crippen LogP contribution in [0.25, 0.3) is 57.6 Å². The number of nitrogens with two attached hydrogens (primary N) is 1. The lowest BCUT2D eigenvalue weighted by Gasteiger charge is -2.09. The Kier molecular flexibility index (Phi) is 20.9. The number of hydrogen-bond acceptors (Lipinski definition) is 6. The van der Waals surface area contributed by atoms with Crippen LogP contribution in [-0.2, 0) is 5.04 Å². The maximum absolute atomic E-state index is 13.1. The summed E-state index contributed by atoms with van der Waals surface area (Å²) >= 11 is 0. The van der Waals surface area contributed by atoms with Gasteiger partial charge in [0, 0.05) is 0 Å². The molecule has 0 aromatic heterocycles. The third kappa shape index (κ3) is 12.0. The summed E-state index contributed by atoms with van der Waals surface area (Å²) in [6.07, 6.45) is 0. The predicted octanol–water partition coefficient (Wildman–Crippen LogP) is 13.5. The molecule has 0 bridgehead atoms. The Bertz CT molecular complexity index is 3160. The molecule has 8 aromatic carbocycles. The number of fused-ring (bicyclic) bond motifs is 1. The standard InChI is InChI=1S/C16H10.C10F8.C10H2N4.C8F4N2.CH2BN.FH2NO.FH.H3P/c1-3-11-7-9-13-5-2-6-14-10-8-12(4-1)15(11)16(13)14;11-3-1-2(5(13)9(17)7(3)15)6(14)10(18)8(16)4(1)12;1-13-9-3-7(5-11)8(6-12)4-10(9)14-2;1-14-8-6(11)4(9)3(2-13)5(10)7(8)12;2*1-3-2;;/h1-10H;;3-4H;;1H2;2H2;1H;1H3/i;;;;1T;;;/hT. The van der Waals surface area contributed by atoms with Gasteiger partial charge in [-0.25, -0.2) is 57.5 Å². The Morgan fingerprint density at radius 3 is 1.04 bits per heavy atom. The summed E-state index contributed by atoms with van der Waals surface area (Å²) < 4.78 is 183. The molecule has 70 heavy (non-hydrogen) atoms. The van der Waals surface area contributed by atoms with Crippen molar-refractivity contribution in [1.82, 2.24) is 0 Å². The second-order valence-electron chi connectivity index (χ2n) is 12.3. The molecule has 0 spiro atoms. The van der Waals surface area contributed by atoms with Crippen LogP contribution in [0.5, 0.6) is 0 Å². The van der Waals surface area contributed by atoms with Gasteiger partial charge in [-0.2, -0.15) is 31.6 Å². The van der Waals surface area contributed by atoms with Crippen LogP contribution in [0.3, 0.4) is 0 Å². The van der Waals surface area contributed by atoms with Crippen LogP contribution in [0.1, 0.15) is 18.1 Å². The first-order valence-corrected chi connectivity index (χ1v) is 17.4. The molecule has 1 unspecified atom stereocenters. The summed E-state index contributed by atoms with van der Waals surface area (Å²) in [7, 11) is 4.41. The molecule has 1 atom stereocenters. The quantitative estimate of drug-likeness (QED) is 0.0186. The zero-order chi connectivity index (χ0) is 53.9. The molecule has 0 amide bonds. The number of halogens is 14. The second kappa shape index (κ2) is 26.4. The van der Waals surface area contributed by atoms with Crippen LogP contribution < -0.4 is 5.90 Å². The number of benzene rings is 8. The predicted molar refractivity (Wildman–Crippen MR) is 235 cm³/mol. The van der Waals surface area contributed by atoms with E-state index in [1.54, 1.807) is 12.1 Å². The van der Waals surface area contributed by atoms with Crippen molar-refractivity contribution in [3.63, 3.8) is 0 Å². The summed E-state index contributed by atoms with van der Waals surface area (Å²) in [5, 5.41) is 32.2. The van der Waals surface area contributed by atoms with Crippen molar-refractivity contribution in [1.29, 1.82) is 17.2 Å². The SMILES string of the molecule is Fc1c(F)c(F)c2c(F)c(F)c(F)c(F)c2c1F.NOF.P.[3H]C=N[B].[3H]F.[C-]#[N+]c1c(F)c(F)c(C#N)c(F)c1F.[C-]#[N+]c1cc(C#N)c(C#N)cc1[N+]#[C-].c1cc2ccc3cccc4ccc(c1)c2c34. The zero-order valence-corrected chi connectivity index (χ0v) is 35.6. The minimum Gasteiger partial charge on any atom is -0.371 e. The van der Waals surface area contributed by atoms with E-state index in [1.165, 1.54) is 44.5 Å². The summed E-state index contributed by atoms with van der Waals surface area (Å²) in [4.78, 5) is 11.3. The molecule has 0 fully saturated rings. The summed E-state index contributed by atoms with van der Waals surface area (Å²) in [6, 6.07) is 29.0. The number of rotatable bonds is 0. The summed E-state index contributed by atoms with van der Waals surface area (Å²) in [5.41, 5.74) is -2.28. The molecule has 352 valence electrons. The maximum Gasteiger partial charge on any atom is 0.269 e. The molecule has 0 saturated carbocycles. The Morgan fingerprint density at radius 2 is 0.829 bits per heavy atom. The topological polar surface area (TPSA) is 132 Å². The van der Waals surface area contributed by atoms with E-state index in [4.69, 9.17) is 41.6 Å².